The van der Waals surface area contributed by atoms with E-state index in [0.717, 1.165) is 0 Å². The van der Waals surface area contributed by atoms with Crippen LogP contribution in [-0.4, -0.2) is 6.29 Å². The lowest BCUT2D eigenvalue weighted by Gasteiger charge is -1.93. The van der Waals surface area contributed by atoms with Gasteiger partial charge in [-0.05, 0) is 12.1 Å². The third-order valence-electron chi connectivity index (χ3n) is 0.977. The van der Waals surface area contributed by atoms with Crippen molar-refractivity contribution >= 4 is 6.29 Å². The van der Waals surface area contributed by atoms with Crippen LogP contribution in [0.2, 0.25) is 0 Å². The lowest BCUT2D eigenvalue weighted by atomic mass is 10.3. The molecule has 1 radical (unpaired) electrons. The van der Waals surface area contributed by atoms with Crippen LogP contribution in [0.25, 0.3) is 0 Å². The summed E-state index contributed by atoms with van der Waals surface area (Å²) in [6, 6.07) is 2.57. The van der Waals surface area contributed by atoms with Crippen molar-refractivity contribution < 1.29 is 9.21 Å². The zero-order valence-corrected chi connectivity index (χ0v) is 4.70. The Bertz CT molecular complexity index is 181. The van der Waals surface area contributed by atoms with E-state index in [4.69, 9.17) is 10.2 Å². The van der Waals surface area contributed by atoms with E-state index < -0.39 is 6.04 Å². The average molecular weight is 124 g/mol. The summed E-state index contributed by atoms with van der Waals surface area (Å²) >= 11 is 0. The van der Waals surface area contributed by atoms with Gasteiger partial charge in [-0.1, -0.05) is 0 Å². The molecule has 0 bridgehead atoms. The van der Waals surface area contributed by atoms with Crippen LogP contribution in [-0.2, 0) is 4.79 Å². The van der Waals surface area contributed by atoms with Gasteiger partial charge in [0.15, 0.2) is 0 Å². The standard InChI is InChI=1S/C6H6NO2/c7-5(4-8)6-2-1-3-9-6/h1-3,5H,7H2/t5-/m1/s1. The molecule has 0 amide bonds. The quantitative estimate of drug-likeness (QED) is 0.620. The van der Waals surface area contributed by atoms with E-state index in [1.807, 2.05) is 0 Å². The molecule has 47 valence electrons. The van der Waals surface area contributed by atoms with Crippen molar-refractivity contribution in [1.82, 2.24) is 0 Å². The molecule has 0 aliphatic rings. The fraction of sp³-hybridized carbons (Fsp3) is 0.167. The smallest absolute Gasteiger partial charge is 0.224 e. The zero-order chi connectivity index (χ0) is 6.69. The highest BCUT2D eigenvalue weighted by molar-refractivity contribution is 5.59. The maximum absolute atomic E-state index is 9.89. The maximum Gasteiger partial charge on any atom is 0.224 e. The van der Waals surface area contributed by atoms with Crippen molar-refractivity contribution in [3.63, 3.8) is 0 Å². The normalized spacial score (nSPS) is 13.0. The van der Waals surface area contributed by atoms with Crippen LogP contribution in [0.4, 0.5) is 0 Å². The summed E-state index contributed by atoms with van der Waals surface area (Å²) < 4.78 is 4.80. The Morgan fingerprint density at radius 3 is 3.00 bits per heavy atom. The maximum atomic E-state index is 9.89. The average Bonchev–Trinajstić information content (AvgIpc) is 2.37. The molecule has 1 aromatic heterocycles. The largest absolute Gasteiger partial charge is 0.467 e. The van der Waals surface area contributed by atoms with Gasteiger partial charge >= 0.3 is 0 Å². The zero-order valence-electron chi connectivity index (χ0n) is 4.70. The predicted octanol–water partition coefficient (Wildman–Crippen LogP) is 0.389. The van der Waals surface area contributed by atoms with E-state index in [9.17, 15) is 4.79 Å². The Morgan fingerprint density at radius 1 is 1.78 bits per heavy atom. The fourth-order valence-corrected chi connectivity index (χ4v) is 0.526. The van der Waals surface area contributed by atoms with Crippen molar-refractivity contribution in [3.05, 3.63) is 24.2 Å². The lowest BCUT2D eigenvalue weighted by molar-refractivity contribution is 0.482. The van der Waals surface area contributed by atoms with Gasteiger partial charge in [-0.2, -0.15) is 0 Å². The summed E-state index contributed by atoms with van der Waals surface area (Å²) in [7, 11) is 0. The van der Waals surface area contributed by atoms with E-state index >= 15 is 0 Å². The second-order valence-corrected chi connectivity index (χ2v) is 1.61. The van der Waals surface area contributed by atoms with Gasteiger partial charge in [-0.3, -0.25) is 4.79 Å². The second-order valence-electron chi connectivity index (χ2n) is 1.61. The molecule has 0 saturated carbocycles. The summed E-state index contributed by atoms with van der Waals surface area (Å²) in [5.41, 5.74) is 5.22. The Hall–Kier alpha value is -1.09. The first kappa shape index (κ1) is 6.04. The topological polar surface area (TPSA) is 56.2 Å². The molecule has 0 aliphatic carbocycles. The summed E-state index contributed by atoms with van der Waals surface area (Å²) in [4.78, 5) is 9.89. The molecule has 0 saturated heterocycles. The van der Waals surface area contributed by atoms with Crippen LogP contribution in [0, 0.1) is 0 Å². The van der Waals surface area contributed by atoms with Crippen LogP contribution in [0.5, 0.6) is 0 Å². The molecular formula is C6H6NO2. The second kappa shape index (κ2) is 2.46. The van der Waals surface area contributed by atoms with E-state index in [0.29, 0.717) is 5.76 Å². The van der Waals surface area contributed by atoms with Gasteiger partial charge in [-0.25, -0.2) is 0 Å². The Labute approximate surface area is 52.5 Å². The fourth-order valence-electron chi connectivity index (χ4n) is 0.526. The predicted molar refractivity (Wildman–Crippen MR) is 31.3 cm³/mol. The van der Waals surface area contributed by atoms with Crippen molar-refractivity contribution in [2.24, 2.45) is 5.73 Å². The lowest BCUT2D eigenvalue weighted by Crippen LogP contribution is -2.09. The Kier molecular flexibility index (Phi) is 1.65. The Balaban J connectivity index is 2.76. The molecule has 1 heterocycles. The van der Waals surface area contributed by atoms with Crippen molar-refractivity contribution in [2.45, 2.75) is 6.04 Å². The minimum atomic E-state index is -0.736. The van der Waals surface area contributed by atoms with E-state index in [1.54, 1.807) is 18.4 Å². The van der Waals surface area contributed by atoms with Crippen molar-refractivity contribution in [2.75, 3.05) is 0 Å². The van der Waals surface area contributed by atoms with Crippen LogP contribution in [0.15, 0.2) is 22.8 Å². The van der Waals surface area contributed by atoms with E-state index in [1.165, 1.54) is 6.26 Å². The minimum absolute atomic E-state index is 0.449. The molecule has 2 N–H and O–H groups in total. The number of carbonyl (C=O) groups excluding carboxylic acids is 1. The van der Waals surface area contributed by atoms with Gasteiger partial charge in [0.1, 0.15) is 11.8 Å². The van der Waals surface area contributed by atoms with Gasteiger partial charge in [0, 0.05) is 0 Å². The molecule has 0 aromatic carbocycles. The first-order valence-corrected chi connectivity index (χ1v) is 2.51. The summed E-state index contributed by atoms with van der Waals surface area (Å²) in [6.45, 7) is 0. The van der Waals surface area contributed by atoms with Crippen LogP contribution in [0.1, 0.15) is 11.8 Å². The molecular weight excluding hydrogens is 118 g/mol. The Morgan fingerprint density at radius 2 is 2.56 bits per heavy atom. The van der Waals surface area contributed by atoms with Crippen molar-refractivity contribution in [3.8, 4) is 0 Å². The van der Waals surface area contributed by atoms with Gasteiger partial charge < -0.3 is 10.2 Å². The molecule has 1 atom stereocenters. The van der Waals surface area contributed by atoms with E-state index in [-0.39, 0.29) is 0 Å². The summed E-state index contributed by atoms with van der Waals surface area (Å²) in [5, 5.41) is 0. The molecule has 0 unspecified atom stereocenters. The molecule has 0 fully saturated rings. The summed E-state index contributed by atoms with van der Waals surface area (Å²) in [5.74, 6) is 0.449. The molecule has 3 heteroatoms. The molecule has 0 spiro atoms. The number of rotatable bonds is 2. The first-order valence-electron chi connectivity index (χ1n) is 2.51. The van der Waals surface area contributed by atoms with E-state index in [2.05, 4.69) is 0 Å². The van der Waals surface area contributed by atoms with Gasteiger partial charge in [0.2, 0.25) is 6.29 Å². The number of furan rings is 1. The highest BCUT2D eigenvalue weighted by atomic mass is 16.3. The number of hydrogen-bond acceptors (Lipinski definition) is 3. The third kappa shape index (κ3) is 1.17. The monoisotopic (exact) mass is 124 g/mol. The van der Waals surface area contributed by atoms with Gasteiger partial charge in [0.25, 0.3) is 0 Å². The van der Waals surface area contributed by atoms with Crippen LogP contribution < -0.4 is 5.73 Å². The summed E-state index contributed by atoms with van der Waals surface area (Å²) in [6.07, 6.45) is 3.07. The number of hydrogen-bond donors (Lipinski definition) is 1. The van der Waals surface area contributed by atoms with Gasteiger partial charge in [0.05, 0.1) is 6.26 Å². The minimum Gasteiger partial charge on any atom is -0.467 e. The first-order chi connectivity index (χ1) is 4.34. The molecule has 9 heavy (non-hydrogen) atoms. The molecule has 3 nitrogen and oxygen atoms in total. The molecule has 1 rings (SSSR count). The third-order valence-corrected chi connectivity index (χ3v) is 0.977. The number of nitrogens with two attached hydrogens (primary N) is 1. The SMILES string of the molecule is N[C@H]([C]=O)c1ccco1. The highest BCUT2D eigenvalue weighted by Crippen LogP contribution is 2.06. The highest BCUT2D eigenvalue weighted by Gasteiger charge is 2.05. The molecule has 0 aliphatic heterocycles. The van der Waals surface area contributed by atoms with Crippen molar-refractivity contribution in [1.29, 1.82) is 0 Å². The molecule has 1 aromatic rings. The van der Waals surface area contributed by atoms with Crippen LogP contribution in [0.3, 0.4) is 0 Å². The van der Waals surface area contributed by atoms with Gasteiger partial charge in [-0.15, -0.1) is 0 Å². The van der Waals surface area contributed by atoms with Crippen LogP contribution >= 0.6 is 0 Å².